The highest BCUT2D eigenvalue weighted by Crippen LogP contribution is 2.28. The summed E-state index contributed by atoms with van der Waals surface area (Å²) in [5, 5.41) is 7.14. The topological polar surface area (TPSA) is 52.2 Å². The Hall–Kier alpha value is -1.72. The largest absolute Gasteiger partial charge is 0.368 e. The molecule has 116 valence electrons. The Morgan fingerprint density at radius 1 is 1.09 bits per heavy atom. The van der Waals surface area contributed by atoms with E-state index in [0.29, 0.717) is 5.69 Å². The number of anilines is 2. The number of aromatic amines is 1. The first kappa shape index (κ1) is 15.2. The lowest BCUT2D eigenvalue weighted by Gasteiger charge is -2.38. The molecule has 0 atom stereocenters. The van der Waals surface area contributed by atoms with Gasteiger partial charge in [0.05, 0.1) is 11.9 Å². The first-order chi connectivity index (χ1) is 10.6. The summed E-state index contributed by atoms with van der Waals surface area (Å²) in [7, 11) is 0. The number of nitrogens with one attached hydrogen (secondary N) is 1. The molecule has 5 nitrogen and oxygen atoms in total. The van der Waals surface area contributed by atoms with Crippen molar-refractivity contribution < 1.29 is 0 Å². The molecule has 1 aliphatic heterocycles. The molecule has 2 heterocycles. The second-order valence-corrected chi connectivity index (χ2v) is 6.04. The lowest BCUT2D eigenvalue weighted by Crippen LogP contribution is -2.47. The molecule has 0 saturated carbocycles. The molecule has 1 aliphatic rings. The van der Waals surface area contributed by atoms with Crippen LogP contribution in [-0.2, 0) is 0 Å². The van der Waals surface area contributed by atoms with Crippen molar-refractivity contribution in [1.82, 2.24) is 10.2 Å². The van der Waals surface area contributed by atoms with Gasteiger partial charge in [0.25, 0.3) is 5.56 Å². The Bertz CT molecular complexity index is 739. The fraction of sp³-hybridized carbons (Fsp3) is 0.333. The second kappa shape index (κ2) is 6.18. The van der Waals surface area contributed by atoms with Gasteiger partial charge in [0, 0.05) is 36.9 Å². The van der Waals surface area contributed by atoms with Crippen molar-refractivity contribution in [2.75, 3.05) is 36.0 Å². The molecule has 1 aromatic heterocycles. The molecule has 1 fully saturated rings. The number of rotatable bonds is 2. The normalized spacial score (nSPS) is 15.2. The molecule has 0 aliphatic carbocycles. The third-order valence-electron chi connectivity index (χ3n) is 3.98. The van der Waals surface area contributed by atoms with Gasteiger partial charge in [-0.05, 0) is 24.6 Å². The van der Waals surface area contributed by atoms with Gasteiger partial charge in [-0.1, -0.05) is 29.3 Å². The number of halogens is 2. The van der Waals surface area contributed by atoms with Crippen LogP contribution >= 0.6 is 23.2 Å². The highest BCUT2D eigenvalue weighted by Gasteiger charge is 2.21. The molecule has 0 radical (unpaired) electrons. The number of benzene rings is 1. The predicted molar refractivity (Wildman–Crippen MR) is 90.5 cm³/mol. The van der Waals surface area contributed by atoms with Crippen molar-refractivity contribution in [2.24, 2.45) is 0 Å². The minimum absolute atomic E-state index is 0.197. The van der Waals surface area contributed by atoms with Crippen molar-refractivity contribution in [1.29, 1.82) is 0 Å². The highest BCUT2D eigenvalue weighted by atomic mass is 35.5. The van der Waals surface area contributed by atoms with Crippen LogP contribution in [0, 0.1) is 6.92 Å². The number of nitrogens with zero attached hydrogens (tertiary/aromatic N) is 3. The van der Waals surface area contributed by atoms with Crippen LogP contribution in [0.3, 0.4) is 0 Å². The van der Waals surface area contributed by atoms with Gasteiger partial charge < -0.3 is 9.80 Å². The molecule has 22 heavy (non-hydrogen) atoms. The number of hydrogen-bond donors (Lipinski definition) is 1. The second-order valence-electron chi connectivity index (χ2n) is 5.26. The standard InChI is InChI=1S/C15H16Cl2N4O/c1-10-11(16)3-2-4-12(10)20-5-7-21(8-6-20)13-9-18-19-15(22)14(13)17/h2-4,9H,5-8H2,1H3,(H,19,22). The molecule has 1 saturated heterocycles. The molecular weight excluding hydrogens is 323 g/mol. The smallest absolute Gasteiger partial charge is 0.285 e. The van der Waals surface area contributed by atoms with E-state index in [-0.39, 0.29) is 10.6 Å². The first-order valence-corrected chi connectivity index (χ1v) is 7.81. The third kappa shape index (κ3) is 2.78. The van der Waals surface area contributed by atoms with E-state index in [4.69, 9.17) is 23.2 Å². The van der Waals surface area contributed by atoms with E-state index in [1.54, 1.807) is 6.20 Å². The predicted octanol–water partition coefficient (Wildman–Crippen LogP) is 2.71. The number of H-pyrrole nitrogens is 1. The summed E-state index contributed by atoms with van der Waals surface area (Å²) in [6, 6.07) is 5.95. The number of hydrogen-bond acceptors (Lipinski definition) is 4. The molecule has 0 spiro atoms. The first-order valence-electron chi connectivity index (χ1n) is 7.06. The Labute approximate surface area is 138 Å². The Morgan fingerprint density at radius 2 is 1.73 bits per heavy atom. The lowest BCUT2D eigenvalue weighted by molar-refractivity contribution is 0.650. The summed E-state index contributed by atoms with van der Waals surface area (Å²) in [5.74, 6) is 0. The van der Waals surface area contributed by atoms with Crippen molar-refractivity contribution in [3.8, 4) is 0 Å². The third-order valence-corrected chi connectivity index (χ3v) is 4.75. The van der Waals surface area contributed by atoms with Crippen molar-refractivity contribution >= 4 is 34.6 Å². The van der Waals surface area contributed by atoms with Crippen molar-refractivity contribution in [3.63, 3.8) is 0 Å². The summed E-state index contributed by atoms with van der Waals surface area (Å²) in [5.41, 5.74) is 2.58. The molecule has 0 unspecified atom stereocenters. The van der Waals surface area contributed by atoms with Crippen molar-refractivity contribution in [3.05, 3.63) is 50.4 Å². The van der Waals surface area contributed by atoms with Gasteiger partial charge in [-0.25, -0.2) is 5.10 Å². The van der Waals surface area contributed by atoms with Crippen LogP contribution in [-0.4, -0.2) is 36.4 Å². The van der Waals surface area contributed by atoms with Crippen LogP contribution in [0.15, 0.2) is 29.2 Å². The monoisotopic (exact) mass is 338 g/mol. The van der Waals surface area contributed by atoms with Gasteiger partial charge in [-0.15, -0.1) is 0 Å². The average molecular weight is 339 g/mol. The molecule has 1 aromatic carbocycles. The van der Waals surface area contributed by atoms with E-state index in [1.165, 1.54) is 0 Å². The highest BCUT2D eigenvalue weighted by molar-refractivity contribution is 6.33. The van der Waals surface area contributed by atoms with Gasteiger partial charge in [0.2, 0.25) is 0 Å². The Morgan fingerprint density at radius 3 is 2.41 bits per heavy atom. The van der Waals surface area contributed by atoms with Gasteiger partial charge in [-0.2, -0.15) is 5.10 Å². The van der Waals surface area contributed by atoms with Crippen LogP contribution in [0.1, 0.15) is 5.56 Å². The molecule has 7 heteroatoms. The molecule has 0 bridgehead atoms. The fourth-order valence-electron chi connectivity index (χ4n) is 2.72. The van der Waals surface area contributed by atoms with Crippen molar-refractivity contribution in [2.45, 2.75) is 6.92 Å². The molecule has 3 rings (SSSR count). The van der Waals surface area contributed by atoms with Crippen LogP contribution < -0.4 is 15.4 Å². The maximum atomic E-state index is 11.5. The van der Waals surface area contributed by atoms with E-state index >= 15 is 0 Å². The fourth-order valence-corrected chi connectivity index (χ4v) is 3.10. The lowest BCUT2D eigenvalue weighted by atomic mass is 10.1. The average Bonchev–Trinajstić information content (AvgIpc) is 2.53. The zero-order chi connectivity index (χ0) is 15.7. The van der Waals surface area contributed by atoms with E-state index in [1.807, 2.05) is 19.1 Å². The van der Waals surface area contributed by atoms with Gasteiger partial charge >= 0.3 is 0 Å². The molecule has 2 aromatic rings. The summed E-state index contributed by atoms with van der Waals surface area (Å²) >= 11 is 12.3. The van der Waals surface area contributed by atoms with E-state index in [2.05, 4.69) is 26.1 Å². The van der Waals surface area contributed by atoms with E-state index < -0.39 is 0 Å². The zero-order valence-electron chi connectivity index (χ0n) is 12.1. The Kier molecular flexibility index (Phi) is 4.27. The molecule has 1 N–H and O–H groups in total. The SMILES string of the molecule is Cc1c(Cl)cccc1N1CCN(c2cn[nH]c(=O)c2Cl)CC1. The van der Waals surface area contributed by atoms with Gasteiger partial charge in [0.1, 0.15) is 5.02 Å². The van der Waals surface area contributed by atoms with Gasteiger partial charge in [0.15, 0.2) is 0 Å². The van der Waals surface area contributed by atoms with Crippen LogP contribution in [0.2, 0.25) is 10.0 Å². The van der Waals surface area contributed by atoms with Crippen LogP contribution in [0.25, 0.3) is 0 Å². The summed E-state index contributed by atoms with van der Waals surface area (Å²) in [6.07, 6.45) is 1.60. The summed E-state index contributed by atoms with van der Waals surface area (Å²) < 4.78 is 0. The summed E-state index contributed by atoms with van der Waals surface area (Å²) in [4.78, 5) is 15.9. The number of aromatic nitrogens is 2. The van der Waals surface area contributed by atoms with Crippen LogP contribution in [0.5, 0.6) is 0 Å². The molecule has 0 amide bonds. The minimum Gasteiger partial charge on any atom is -0.368 e. The zero-order valence-corrected chi connectivity index (χ0v) is 13.7. The summed E-state index contributed by atoms with van der Waals surface area (Å²) in [6.45, 7) is 5.25. The van der Waals surface area contributed by atoms with Crippen LogP contribution in [0.4, 0.5) is 11.4 Å². The van der Waals surface area contributed by atoms with Gasteiger partial charge in [-0.3, -0.25) is 4.79 Å². The van der Waals surface area contributed by atoms with E-state index in [9.17, 15) is 4.79 Å². The maximum absolute atomic E-state index is 11.5. The number of piperazine rings is 1. The Balaban J connectivity index is 1.77. The molecular formula is C15H16Cl2N4O. The quantitative estimate of drug-likeness (QED) is 0.914. The maximum Gasteiger partial charge on any atom is 0.285 e. The minimum atomic E-state index is -0.354. The van der Waals surface area contributed by atoms with E-state index in [0.717, 1.165) is 42.5 Å².